The van der Waals surface area contributed by atoms with Gasteiger partial charge in [-0.1, -0.05) is 0 Å². The first-order valence-electron chi connectivity index (χ1n) is 11.6. The van der Waals surface area contributed by atoms with E-state index in [0.717, 1.165) is 19.6 Å². The summed E-state index contributed by atoms with van der Waals surface area (Å²) >= 11 is 0. The average molecular weight is 469 g/mol. The van der Waals surface area contributed by atoms with Gasteiger partial charge in [-0.3, -0.25) is 14.2 Å². The Hall–Kier alpha value is -3.52. The van der Waals surface area contributed by atoms with E-state index in [0.29, 0.717) is 52.4 Å². The highest BCUT2D eigenvalue weighted by atomic mass is 16.5. The summed E-state index contributed by atoms with van der Waals surface area (Å²) in [6.45, 7) is 10.1. The van der Waals surface area contributed by atoms with Gasteiger partial charge in [-0.05, 0) is 57.2 Å². The minimum absolute atomic E-state index is 0.247. The van der Waals surface area contributed by atoms with Crippen LogP contribution in [0.2, 0.25) is 0 Å². The van der Waals surface area contributed by atoms with Crippen LogP contribution in [-0.2, 0) is 0 Å². The Bertz CT molecular complexity index is 1180. The summed E-state index contributed by atoms with van der Waals surface area (Å²) in [5.41, 5.74) is 0.759. The molecule has 0 aliphatic heterocycles. The van der Waals surface area contributed by atoms with Crippen LogP contribution in [0.1, 0.15) is 31.1 Å². The lowest BCUT2D eigenvalue weighted by Gasteiger charge is -2.17. The molecule has 1 aromatic heterocycles. The maximum absolute atomic E-state index is 13.5. The molecule has 0 unspecified atom stereocenters. The van der Waals surface area contributed by atoms with Gasteiger partial charge in [0.1, 0.15) is 5.75 Å². The summed E-state index contributed by atoms with van der Waals surface area (Å²) in [7, 11) is 3.04. The molecule has 1 heterocycles. The third-order valence-electron chi connectivity index (χ3n) is 5.96. The highest BCUT2D eigenvalue weighted by molar-refractivity contribution is 6.07. The van der Waals surface area contributed by atoms with E-state index in [2.05, 4.69) is 19.2 Å². The van der Waals surface area contributed by atoms with Gasteiger partial charge < -0.3 is 24.4 Å². The number of carbonyl (C=O) groups excluding carboxylic acids is 1. The summed E-state index contributed by atoms with van der Waals surface area (Å²) < 4.78 is 17.8. The van der Waals surface area contributed by atoms with E-state index in [9.17, 15) is 9.59 Å². The molecule has 3 aromatic rings. The lowest BCUT2D eigenvalue weighted by molar-refractivity contribution is -0.895. The Morgan fingerprint density at radius 1 is 0.971 bits per heavy atom. The number of pyridine rings is 1. The van der Waals surface area contributed by atoms with E-state index in [1.165, 1.54) is 23.7 Å². The number of hydrogen-bond acceptors (Lipinski definition) is 5. The average Bonchev–Trinajstić information content (AvgIpc) is 2.86. The van der Waals surface area contributed by atoms with Crippen molar-refractivity contribution in [2.75, 3.05) is 47.0 Å². The Morgan fingerprint density at radius 3 is 2.15 bits per heavy atom. The lowest BCUT2D eigenvalue weighted by atomic mass is 10.0. The van der Waals surface area contributed by atoms with Crippen LogP contribution in [0.4, 0.5) is 0 Å². The number of quaternary nitrogens is 1. The van der Waals surface area contributed by atoms with Crippen molar-refractivity contribution in [3.8, 4) is 22.9 Å². The van der Waals surface area contributed by atoms with Crippen molar-refractivity contribution in [1.29, 1.82) is 0 Å². The van der Waals surface area contributed by atoms with Crippen molar-refractivity contribution >= 4 is 16.7 Å². The van der Waals surface area contributed by atoms with Crippen molar-refractivity contribution in [2.24, 2.45) is 0 Å². The van der Waals surface area contributed by atoms with E-state index in [-0.39, 0.29) is 11.5 Å². The first kappa shape index (κ1) is 25.1. The Labute approximate surface area is 200 Å². The number of amides is 1. The zero-order chi connectivity index (χ0) is 24.7. The molecule has 2 N–H and O–H groups in total. The zero-order valence-corrected chi connectivity index (χ0v) is 20.6. The number of methoxy groups -OCH3 is 2. The third-order valence-corrected chi connectivity index (χ3v) is 5.96. The summed E-state index contributed by atoms with van der Waals surface area (Å²) in [6, 6.07) is 10.5. The van der Waals surface area contributed by atoms with Crippen LogP contribution in [0, 0.1) is 0 Å². The number of nitrogens with zero attached hydrogens (tertiary/aromatic N) is 1. The molecule has 8 heteroatoms. The van der Waals surface area contributed by atoms with Crippen molar-refractivity contribution in [3.05, 3.63) is 58.5 Å². The lowest BCUT2D eigenvalue weighted by Crippen LogP contribution is -3.12. The first-order valence-corrected chi connectivity index (χ1v) is 11.6. The second-order valence-electron chi connectivity index (χ2n) is 7.86. The molecule has 0 radical (unpaired) electrons. The number of fused-ring (bicyclic) bond motifs is 1. The fraction of sp³-hybridized carbons (Fsp3) is 0.385. The second-order valence-corrected chi connectivity index (χ2v) is 7.86. The quantitative estimate of drug-likeness (QED) is 0.450. The van der Waals surface area contributed by atoms with Gasteiger partial charge >= 0.3 is 0 Å². The van der Waals surface area contributed by atoms with Gasteiger partial charge in [0.15, 0.2) is 11.5 Å². The molecule has 0 aliphatic rings. The number of aromatic nitrogens is 1. The minimum atomic E-state index is -0.260. The van der Waals surface area contributed by atoms with Crippen molar-refractivity contribution in [3.63, 3.8) is 0 Å². The molecular formula is C26H34N3O5+. The fourth-order valence-corrected chi connectivity index (χ4v) is 3.96. The molecule has 0 atom stereocenters. The number of carbonyl (C=O) groups is 1. The minimum Gasteiger partial charge on any atom is -0.494 e. The molecule has 182 valence electrons. The smallest absolute Gasteiger partial charge is 0.263 e. The molecule has 8 nitrogen and oxygen atoms in total. The van der Waals surface area contributed by atoms with Gasteiger partial charge in [0.2, 0.25) is 0 Å². The highest BCUT2D eigenvalue weighted by Crippen LogP contribution is 2.32. The predicted molar refractivity (Wildman–Crippen MR) is 133 cm³/mol. The first-order chi connectivity index (χ1) is 16.5. The molecule has 1 amide bonds. The van der Waals surface area contributed by atoms with Gasteiger partial charge in [-0.2, -0.15) is 0 Å². The summed E-state index contributed by atoms with van der Waals surface area (Å²) in [4.78, 5) is 28.1. The number of nitrogens with one attached hydrogen (secondary N) is 2. The molecule has 0 spiro atoms. The third kappa shape index (κ3) is 5.34. The topological polar surface area (TPSA) is 83.2 Å². The van der Waals surface area contributed by atoms with Crippen LogP contribution in [0.5, 0.6) is 17.2 Å². The number of benzene rings is 2. The van der Waals surface area contributed by atoms with Crippen molar-refractivity contribution in [1.82, 2.24) is 9.88 Å². The van der Waals surface area contributed by atoms with Crippen LogP contribution < -0.4 is 30.0 Å². The second kappa shape index (κ2) is 11.6. The van der Waals surface area contributed by atoms with E-state index in [4.69, 9.17) is 14.2 Å². The van der Waals surface area contributed by atoms with Crippen LogP contribution in [0.3, 0.4) is 0 Å². The molecular weight excluding hydrogens is 434 g/mol. The number of ether oxygens (including phenoxy) is 3. The van der Waals surface area contributed by atoms with Gasteiger partial charge in [0.05, 0.1) is 58.0 Å². The predicted octanol–water partition coefficient (Wildman–Crippen LogP) is 2.06. The molecule has 0 fully saturated rings. The van der Waals surface area contributed by atoms with Crippen LogP contribution in [-0.4, -0.2) is 57.5 Å². The van der Waals surface area contributed by atoms with Crippen LogP contribution in [0.25, 0.3) is 16.5 Å². The largest absolute Gasteiger partial charge is 0.494 e. The van der Waals surface area contributed by atoms with E-state index in [1.54, 1.807) is 42.6 Å². The highest BCUT2D eigenvalue weighted by Gasteiger charge is 2.19. The number of rotatable bonds is 11. The van der Waals surface area contributed by atoms with Gasteiger partial charge in [-0.15, -0.1) is 0 Å². The molecule has 0 saturated carbocycles. The van der Waals surface area contributed by atoms with Gasteiger partial charge in [0, 0.05) is 17.3 Å². The van der Waals surface area contributed by atoms with E-state index < -0.39 is 0 Å². The van der Waals surface area contributed by atoms with Crippen LogP contribution in [0.15, 0.2) is 47.4 Å². The standard InChI is InChI=1S/C26H33N3O5/c1-6-28(7-2)14-13-27-25(30)22-17-29(18-9-11-19(12-10-18)34-8-3)26(31)21-16-24(33-5)23(32-4)15-20(21)22/h9-12,15-17H,6-8,13-14H2,1-5H3,(H,27,30)/p+1. The maximum Gasteiger partial charge on any atom is 0.263 e. The number of likely N-dealkylation sites (N-methyl/N-ethyl adjacent to an activating group) is 1. The molecule has 0 bridgehead atoms. The molecule has 2 aromatic carbocycles. The van der Waals surface area contributed by atoms with E-state index >= 15 is 0 Å². The number of hydrogen-bond donors (Lipinski definition) is 2. The zero-order valence-electron chi connectivity index (χ0n) is 20.6. The maximum atomic E-state index is 13.5. The summed E-state index contributed by atoms with van der Waals surface area (Å²) in [5, 5.41) is 3.89. The molecule has 3 rings (SSSR count). The Morgan fingerprint density at radius 2 is 1.59 bits per heavy atom. The summed E-state index contributed by atoms with van der Waals surface area (Å²) in [5.74, 6) is 1.34. The molecule has 34 heavy (non-hydrogen) atoms. The normalized spacial score (nSPS) is 11.0. The van der Waals surface area contributed by atoms with Gasteiger partial charge in [-0.25, -0.2) is 0 Å². The van der Waals surface area contributed by atoms with E-state index in [1.807, 2.05) is 6.92 Å². The summed E-state index contributed by atoms with van der Waals surface area (Å²) in [6.07, 6.45) is 1.59. The Balaban J connectivity index is 2.11. The monoisotopic (exact) mass is 468 g/mol. The SMILES string of the molecule is CCOc1ccc(-n2cc(C(=O)NCC[NH+](CC)CC)c3cc(OC)c(OC)cc3c2=O)cc1. The molecule has 0 saturated heterocycles. The molecule has 0 aliphatic carbocycles. The van der Waals surface area contributed by atoms with Crippen molar-refractivity contribution in [2.45, 2.75) is 20.8 Å². The Kier molecular flexibility index (Phi) is 8.54. The van der Waals surface area contributed by atoms with Gasteiger partial charge in [0.25, 0.3) is 11.5 Å². The van der Waals surface area contributed by atoms with Crippen LogP contribution >= 0.6 is 0 Å². The fourth-order valence-electron chi connectivity index (χ4n) is 3.96. The van der Waals surface area contributed by atoms with Crippen molar-refractivity contribution < 1.29 is 23.9 Å².